The fourth-order valence-corrected chi connectivity index (χ4v) is 4.67. The molecule has 1 unspecified atom stereocenters. The van der Waals surface area contributed by atoms with E-state index in [1.165, 1.54) is 6.07 Å². The van der Waals surface area contributed by atoms with Crippen LogP contribution in [0.5, 0.6) is 5.75 Å². The first-order valence-corrected chi connectivity index (χ1v) is 11.7. The Kier molecular flexibility index (Phi) is 6.67. The van der Waals surface area contributed by atoms with Crippen molar-refractivity contribution in [1.82, 2.24) is 15.3 Å². The van der Waals surface area contributed by atoms with Crippen LogP contribution in [0.4, 0.5) is 20.9 Å². The number of benzene rings is 1. The smallest absolute Gasteiger partial charge is 0.526 e. The Bertz CT molecular complexity index is 1250. The summed E-state index contributed by atoms with van der Waals surface area (Å²) in [6.45, 7) is 0. The van der Waals surface area contributed by atoms with Gasteiger partial charge in [0.1, 0.15) is 17.6 Å². The molecule has 12 nitrogen and oxygen atoms in total. The number of anilines is 3. The molecule has 1 aromatic carbocycles. The van der Waals surface area contributed by atoms with Crippen LogP contribution in [0.2, 0.25) is 5.82 Å². The van der Waals surface area contributed by atoms with Gasteiger partial charge >= 0.3 is 19.1 Å². The number of para-hydroxylation sites is 1. The number of Topliss-reactive ketones (excluding diaryl/α,β-unsaturated/α-hetero) is 1. The van der Waals surface area contributed by atoms with Gasteiger partial charge in [-0.05, 0) is 18.1 Å². The van der Waals surface area contributed by atoms with Gasteiger partial charge in [0, 0.05) is 23.0 Å². The molecule has 176 valence electrons. The summed E-state index contributed by atoms with van der Waals surface area (Å²) in [7, 11) is -1.41. The van der Waals surface area contributed by atoms with Crippen molar-refractivity contribution in [2.75, 3.05) is 16.8 Å². The van der Waals surface area contributed by atoms with Crippen LogP contribution in [0.25, 0.3) is 0 Å². The van der Waals surface area contributed by atoms with Crippen LogP contribution < -0.4 is 26.8 Å². The summed E-state index contributed by atoms with van der Waals surface area (Å²) in [6.07, 6.45) is 0.0313. The van der Waals surface area contributed by atoms with Crippen LogP contribution in [0.15, 0.2) is 29.0 Å². The first-order valence-electron chi connectivity index (χ1n) is 9.93. The van der Waals surface area contributed by atoms with E-state index in [1.54, 1.807) is 22.9 Å². The molecular weight excluding hydrogens is 483 g/mol. The number of nitrogens with two attached hydrogens (primary N) is 2. The summed E-state index contributed by atoms with van der Waals surface area (Å²) in [5.41, 5.74) is 12.0. The van der Waals surface area contributed by atoms with Crippen molar-refractivity contribution >= 4 is 63.7 Å². The molecule has 2 atom stereocenters. The van der Waals surface area contributed by atoms with Crippen molar-refractivity contribution in [3.63, 3.8) is 0 Å². The number of hydrogen-bond acceptors (Lipinski definition) is 11. The lowest BCUT2D eigenvalue weighted by Gasteiger charge is -2.28. The number of nitrogen functional groups attached to an aromatic ring is 2. The summed E-state index contributed by atoms with van der Waals surface area (Å²) in [5.74, 6) is -1.99. The summed E-state index contributed by atoms with van der Waals surface area (Å²) < 4.78 is 5.46. The Hall–Kier alpha value is -3.69. The van der Waals surface area contributed by atoms with Gasteiger partial charge in [-0.1, -0.05) is 12.1 Å². The third-order valence-electron chi connectivity index (χ3n) is 5.11. The lowest BCUT2D eigenvalue weighted by atomic mass is 9.64. The predicted molar refractivity (Wildman–Crippen MR) is 127 cm³/mol. The molecule has 0 saturated carbocycles. The van der Waals surface area contributed by atoms with E-state index in [1.807, 2.05) is 0 Å². The third-order valence-corrected chi connectivity index (χ3v) is 6.48. The molecule has 8 N–H and O–H groups in total. The summed E-state index contributed by atoms with van der Waals surface area (Å²) in [5, 5.41) is 28.5. The van der Waals surface area contributed by atoms with Crippen molar-refractivity contribution in [1.29, 1.82) is 0 Å². The first kappa shape index (κ1) is 23.5. The molecule has 3 aromatic rings. The molecule has 2 aromatic heterocycles. The number of carbonyl (C=O) groups excluding carboxylic acids is 2. The average Bonchev–Trinajstić information content (AvgIpc) is 3.39. The van der Waals surface area contributed by atoms with Crippen LogP contribution >= 0.6 is 22.7 Å². The maximum absolute atomic E-state index is 13.2. The zero-order chi connectivity index (χ0) is 24.4. The standard InChI is InChI=1S/C19H19BN6O6S2/c21-17-23-11(6-33-17)14(26-19(30)25-13-7-34-18(22)24-13)12(27)5-9-4-8-2-1-3-10(16(28)29)15(8)32-20(9)31/h1-3,6-7,9,14,31H,4-5H2,(H2,21,23)(H2,22,24)(H,28,29)(H2,25,26,30)/t9-,14?/m1/s1. The second-order valence-corrected chi connectivity index (χ2v) is 9.23. The van der Waals surface area contributed by atoms with Crippen LogP contribution in [0.1, 0.15) is 34.1 Å². The number of carboxylic acid groups (broad SMARTS) is 1. The molecular formula is C19H19BN6O6S2. The number of hydrogen-bond donors (Lipinski definition) is 6. The predicted octanol–water partition coefficient (Wildman–Crippen LogP) is 1.77. The topological polar surface area (TPSA) is 203 Å². The number of ketones is 1. The van der Waals surface area contributed by atoms with Crippen LogP contribution in [-0.4, -0.2) is 45.0 Å². The number of aromatic carboxylic acids is 1. The number of rotatable bonds is 7. The second kappa shape index (κ2) is 9.66. The molecule has 3 heterocycles. The summed E-state index contributed by atoms with van der Waals surface area (Å²) in [4.78, 5) is 45.2. The van der Waals surface area contributed by atoms with Gasteiger partial charge in [0.2, 0.25) is 0 Å². The van der Waals surface area contributed by atoms with Crippen LogP contribution in [0, 0.1) is 0 Å². The lowest BCUT2D eigenvalue weighted by Crippen LogP contribution is -2.40. The minimum absolute atomic E-state index is 0.0711. The number of nitrogens with zero attached hydrogens (tertiary/aromatic N) is 2. The van der Waals surface area contributed by atoms with E-state index in [9.17, 15) is 24.5 Å². The Morgan fingerprint density at radius 2 is 1.94 bits per heavy atom. The molecule has 0 fully saturated rings. The van der Waals surface area contributed by atoms with E-state index < -0.39 is 36.8 Å². The van der Waals surface area contributed by atoms with Gasteiger partial charge in [-0.25, -0.2) is 19.6 Å². The zero-order valence-corrected chi connectivity index (χ0v) is 19.1. The van der Waals surface area contributed by atoms with Crippen molar-refractivity contribution < 1.29 is 29.2 Å². The Labute approximate surface area is 201 Å². The van der Waals surface area contributed by atoms with Gasteiger partial charge in [-0.3, -0.25) is 10.1 Å². The summed E-state index contributed by atoms with van der Waals surface area (Å²) in [6, 6.07) is 2.77. The number of amides is 2. The maximum atomic E-state index is 13.2. The lowest BCUT2D eigenvalue weighted by molar-refractivity contribution is -0.121. The Morgan fingerprint density at radius 3 is 2.59 bits per heavy atom. The van der Waals surface area contributed by atoms with Crippen molar-refractivity contribution in [3.8, 4) is 5.75 Å². The largest absolute Gasteiger partial charge is 0.535 e. The Balaban J connectivity index is 1.51. The van der Waals surface area contributed by atoms with E-state index in [0.717, 1.165) is 22.7 Å². The van der Waals surface area contributed by atoms with E-state index in [-0.39, 0.29) is 45.9 Å². The van der Waals surface area contributed by atoms with Gasteiger partial charge in [0.25, 0.3) is 0 Å². The van der Waals surface area contributed by atoms with Crippen LogP contribution in [0.3, 0.4) is 0 Å². The molecule has 0 bridgehead atoms. The highest BCUT2D eigenvalue weighted by Gasteiger charge is 2.39. The molecule has 2 amide bonds. The number of carbonyl (C=O) groups is 3. The van der Waals surface area contributed by atoms with Gasteiger partial charge in [0.15, 0.2) is 16.0 Å². The number of thiazole rings is 2. The van der Waals surface area contributed by atoms with Crippen LogP contribution in [-0.2, 0) is 11.2 Å². The zero-order valence-electron chi connectivity index (χ0n) is 17.4. The van der Waals surface area contributed by atoms with E-state index in [2.05, 4.69) is 20.6 Å². The van der Waals surface area contributed by atoms with Gasteiger partial charge in [-0.15, -0.1) is 22.7 Å². The highest BCUT2D eigenvalue weighted by Crippen LogP contribution is 2.37. The number of fused-ring (bicyclic) bond motifs is 1. The molecule has 0 radical (unpaired) electrons. The highest BCUT2D eigenvalue weighted by molar-refractivity contribution is 7.14. The fraction of sp³-hybridized carbons (Fsp3) is 0.211. The summed E-state index contributed by atoms with van der Waals surface area (Å²) >= 11 is 2.26. The monoisotopic (exact) mass is 502 g/mol. The molecule has 0 aliphatic carbocycles. The molecule has 1 aliphatic rings. The number of carboxylic acids is 1. The quantitative estimate of drug-likeness (QED) is 0.258. The second-order valence-electron chi connectivity index (χ2n) is 7.46. The van der Waals surface area contributed by atoms with E-state index >= 15 is 0 Å². The number of aromatic nitrogens is 2. The molecule has 1 aliphatic heterocycles. The highest BCUT2D eigenvalue weighted by atomic mass is 32.1. The van der Waals surface area contributed by atoms with Gasteiger partial charge in [0.05, 0.1) is 11.3 Å². The number of urea groups is 1. The Morgan fingerprint density at radius 1 is 1.21 bits per heavy atom. The van der Waals surface area contributed by atoms with E-state index in [4.69, 9.17) is 16.1 Å². The first-order chi connectivity index (χ1) is 16.2. The SMILES string of the molecule is Nc1nc(NC(=O)NC(C(=O)C[C@H]2Cc3cccc(C(=O)O)c3OB2O)c2csc(N)n2)cs1. The van der Waals surface area contributed by atoms with Crippen molar-refractivity contribution in [3.05, 3.63) is 45.8 Å². The van der Waals surface area contributed by atoms with Crippen molar-refractivity contribution in [2.24, 2.45) is 0 Å². The average molecular weight is 502 g/mol. The molecule has 4 rings (SSSR count). The minimum Gasteiger partial charge on any atom is -0.535 e. The van der Waals surface area contributed by atoms with E-state index in [0.29, 0.717) is 5.56 Å². The van der Waals surface area contributed by atoms with Crippen molar-refractivity contribution in [2.45, 2.75) is 24.7 Å². The van der Waals surface area contributed by atoms with Gasteiger partial charge < -0.3 is 31.6 Å². The molecule has 15 heteroatoms. The molecule has 0 saturated heterocycles. The molecule has 0 spiro atoms. The minimum atomic E-state index is -1.41. The maximum Gasteiger partial charge on any atom is 0.526 e. The fourth-order valence-electron chi connectivity index (χ4n) is 3.58. The normalized spacial score (nSPS) is 15.7. The molecule has 34 heavy (non-hydrogen) atoms. The number of nitrogens with one attached hydrogen (secondary N) is 2. The van der Waals surface area contributed by atoms with Gasteiger partial charge in [-0.2, -0.15) is 0 Å². The third kappa shape index (κ3) is 5.11.